The first-order chi connectivity index (χ1) is 14.7. The van der Waals surface area contributed by atoms with E-state index in [0.29, 0.717) is 25.3 Å². The number of hydrogen-bond acceptors (Lipinski definition) is 3. The lowest BCUT2D eigenvalue weighted by Gasteiger charge is -2.25. The summed E-state index contributed by atoms with van der Waals surface area (Å²) in [4.78, 5) is 0. The lowest BCUT2D eigenvalue weighted by Crippen LogP contribution is -2.14. The predicted octanol–water partition coefficient (Wildman–Crippen LogP) is 9.68. The van der Waals surface area contributed by atoms with E-state index in [1.165, 1.54) is 109 Å². The van der Waals surface area contributed by atoms with Gasteiger partial charge in [0.25, 0.3) is 0 Å². The molecule has 1 unspecified atom stereocenters. The summed E-state index contributed by atoms with van der Waals surface area (Å²) in [6.07, 6.45) is 26.4. The molecule has 1 rings (SSSR count). The first kappa shape index (κ1) is 28.2. The fourth-order valence-electron chi connectivity index (χ4n) is 4.41. The Labute approximate surface area is 189 Å². The van der Waals surface area contributed by atoms with Gasteiger partial charge in [-0.1, -0.05) is 117 Å². The molecule has 0 N–H and O–H groups in total. The van der Waals surface area contributed by atoms with Crippen molar-refractivity contribution in [2.24, 2.45) is 5.92 Å². The van der Waals surface area contributed by atoms with Crippen molar-refractivity contribution in [3.8, 4) is 0 Å². The molecule has 4 heteroatoms. The minimum atomic E-state index is -2.89. The highest BCUT2D eigenvalue weighted by atomic mass is 31.2. The lowest BCUT2D eigenvalue weighted by molar-refractivity contribution is 0.159. The molecule has 0 radical (unpaired) electrons. The molecule has 0 aromatic carbocycles. The van der Waals surface area contributed by atoms with Gasteiger partial charge in [0, 0.05) is 0 Å². The molecule has 0 bridgehead atoms. The Hall–Kier alpha value is 0.150. The van der Waals surface area contributed by atoms with Gasteiger partial charge in [-0.15, -0.1) is 0 Å². The Morgan fingerprint density at radius 2 is 1.13 bits per heavy atom. The van der Waals surface area contributed by atoms with Crippen molar-refractivity contribution in [1.29, 1.82) is 0 Å². The summed E-state index contributed by atoms with van der Waals surface area (Å²) in [6.45, 7) is 5.66. The third kappa shape index (κ3) is 15.9. The van der Waals surface area contributed by atoms with Gasteiger partial charge in [-0.25, -0.2) is 0 Å². The van der Waals surface area contributed by atoms with Crippen LogP contribution in [0, 0.1) is 5.92 Å². The van der Waals surface area contributed by atoms with E-state index >= 15 is 0 Å². The van der Waals surface area contributed by atoms with E-state index in [-0.39, 0.29) is 0 Å². The Balaban J connectivity index is 2.00. The zero-order valence-electron chi connectivity index (χ0n) is 20.5. The van der Waals surface area contributed by atoms with Gasteiger partial charge in [-0.3, -0.25) is 4.57 Å². The Morgan fingerprint density at radius 1 is 0.633 bits per heavy atom. The summed E-state index contributed by atoms with van der Waals surface area (Å²) in [7, 11) is -2.89. The maximum Gasteiger partial charge on any atom is 0.330 e. The van der Waals surface area contributed by atoms with Gasteiger partial charge in [-0.2, -0.15) is 0 Å². The van der Waals surface area contributed by atoms with Crippen LogP contribution in [0.25, 0.3) is 0 Å². The predicted molar refractivity (Wildman–Crippen MR) is 132 cm³/mol. The number of unbranched alkanes of at least 4 members (excludes halogenated alkanes) is 13. The van der Waals surface area contributed by atoms with Gasteiger partial charge < -0.3 is 9.05 Å². The maximum absolute atomic E-state index is 13.1. The topological polar surface area (TPSA) is 35.5 Å². The second-order valence-electron chi connectivity index (χ2n) is 9.56. The van der Waals surface area contributed by atoms with Gasteiger partial charge in [0.1, 0.15) is 0 Å². The molecule has 1 saturated carbocycles. The quantitative estimate of drug-likeness (QED) is 0.130. The van der Waals surface area contributed by atoms with Gasteiger partial charge >= 0.3 is 7.60 Å². The fraction of sp³-hybridized carbons (Fsp3) is 1.00. The van der Waals surface area contributed by atoms with Crippen LogP contribution in [0.1, 0.15) is 142 Å². The molecule has 1 fully saturated rings. The first-order valence-electron chi connectivity index (χ1n) is 13.6. The van der Waals surface area contributed by atoms with Crippen LogP contribution in [-0.2, 0) is 13.6 Å². The van der Waals surface area contributed by atoms with Crippen molar-refractivity contribution in [2.75, 3.05) is 19.4 Å². The van der Waals surface area contributed by atoms with Crippen LogP contribution in [-0.4, -0.2) is 19.4 Å². The summed E-state index contributed by atoms with van der Waals surface area (Å²) >= 11 is 0. The minimum Gasteiger partial charge on any atom is -0.309 e. The molecule has 1 aliphatic rings. The monoisotopic (exact) mass is 444 g/mol. The highest BCUT2D eigenvalue weighted by Gasteiger charge is 2.26. The molecule has 3 nitrogen and oxygen atoms in total. The van der Waals surface area contributed by atoms with Crippen molar-refractivity contribution in [2.45, 2.75) is 142 Å². The summed E-state index contributed by atoms with van der Waals surface area (Å²) in [5, 5.41) is 0. The van der Waals surface area contributed by atoms with Gasteiger partial charge in [0.2, 0.25) is 0 Å². The molecular weight excluding hydrogens is 391 g/mol. The Kier molecular flexibility index (Phi) is 18.6. The van der Waals surface area contributed by atoms with Gasteiger partial charge in [0.05, 0.1) is 19.4 Å². The van der Waals surface area contributed by atoms with Crippen LogP contribution in [0.5, 0.6) is 0 Å². The molecule has 1 aliphatic carbocycles. The Bertz CT molecular complexity index is 407. The van der Waals surface area contributed by atoms with Crippen molar-refractivity contribution in [3.63, 3.8) is 0 Å². The van der Waals surface area contributed by atoms with Crippen LogP contribution in [0.4, 0.5) is 0 Å². The molecule has 1 atom stereocenters. The third-order valence-electron chi connectivity index (χ3n) is 6.55. The smallest absolute Gasteiger partial charge is 0.309 e. The molecule has 0 aromatic rings. The fourth-order valence-corrected chi connectivity index (χ4v) is 6.30. The molecular formula is C26H53O3P. The van der Waals surface area contributed by atoms with Crippen LogP contribution < -0.4 is 0 Å². The molecule has 0 saturated heterocycles. The van der Waals surface area contributed by atoms with Crippen LogP contribution in [0.15, 0.2) is 0 Å². The molecule has 0 heterocycles. The van der Waals surface area contributed by atoms with Crippen molar-refractivity contribution >= 4 is 7.60 Å². The normalized spacial score (nSPS) is 17.3. The second-order valence-corrected chi connectivity index (χ2v) is 11.7. The number of rotatable bonds is 21. The summed E-state index contributed by atoms with van der Waals surface area (Å²) in [6, 6.07) is 0. The first-order valence-corrected chi connectivity index (χ1v) is 15.3. The van der Waals surface area contributed by atoms with E-state index in [1.807, 2.05) is 0 Å². The largest absolute Gasteiger partial charge is 0.330 e. The zero-order chi connectivity index (χ0) is 21.8. The van der Waals surface area contributed by atoms with E-state index in [2.05, 4.69) is 13.8 Å². The summed E-state index contributed by atoms with van der Waals surface area (Å²) < 4.78 is 24.9. The zero-order valence-corrected chi connectivity index (χ0v) is 21.4. The molecule has 0 amide bonds. The van der Waals surface area contributed by atoms with E-state index in [4.69, 9.17) is 9.05 Å². The highest BCUT2D eigenvalue weighted by molar-refractivity contribution is 7.53. The third-order valence-corrected chi connectivity index (χ3v) is 8.54. The average Bonchev–Trinajstić information content (AvgIpc) is 2.77. The van der Waals surface area contributed by atoms with Crippen molar-refractivity contribution in [3.05, 3.63) is 0 Å². The van der Waals surface area contributed by atoms with Gasteiger partial charge in [-0.05, 0) is 31.6 Å². The lowest BCUT2D eigenvalue weighted by atomic mass is 9.90. The van der Waals surface area contributed by atoms with Crippen molar-refractivity contribution < 1.29 is 13.6 Å². The molecule has 180 valence electrons. The molecule has 30 heavy (non-hydrogen) atoms. The van der Waals surface area contributed by atoms with E-state index in [0.717, 1.165) is 19.3 Å². The molecule has 0 spiro atoms. The average molecular weight is 445 g/mol. The molecule has 0 aromatic heterocycles. The van der Waals surface area contributed by atoms with Crippen LogP contribution >= 0.6 is 7.60 Å². The van der Waals surface area contributed by atoms with Crippen LogP contribution in [0.3, 0.4) is 0 Å². The standard InChI is InChI=1S/C26H53O3P/c1-3-5-7-8-9-10-11-12-13-14-15-16-20-23-28-30(27,24-6-4-2)29-25-26-21-18-17-19-22-26/h26H,3-25H2,1-2H3. The SMILES string of the molecule is CCCCCCCCCCCCCCCOP(=O)(CCCC)OCC1CCCCC1. The van der Waals surface area contributed by atoms with E-state index in [1.54, 1.807) is 0 Å². The van der Waals surface area contributed by atoms with Crippen LogP contribution in [0.2, 0.25) is 0 Å². The summed E-state index contributed by atoms with van der Waals surface area (Å²) in [5.74, 6) is 0.591. The highest BCUT2D eigenvalue weighted by Crippen LogP contribution is 2.50. The molecule has 0 aliphatic heterocycles. The second kappa shape index (κ2) is 19.8. The van der Waals surface area contributed by atoms with Crippen molar-refractivity contribution in [1.82, 2.24) is 0 Å². The maximum atomic E-state index is 13.1. The summed E-state index contributed by atoms with van der Waals surface area (Å²) in [5.41, 5.74) is 0. The number of hydrogen-bond donors (Lipinski definition) is 0. The van der Waals surface area contributed by atoms with Gasteiger partial charge in [0.15, 0.2) is 0 Å². The Morgan fingerprint density at radius 3 is 1.67 bits per heavy atom. The van der Waals surface area contributed by atoms with E-state index in [9.17, 15) is 4.57 Å². The minimum absolute atomic E-state index is 0.591. The van der Waals surface area contributed by atoms with E-state index < -0.39 is 7.60 Å².